The Balaban J connectivity index is 1.21. The zero-order valence-corrected chi connectivity index (χ0v) is 18.4. The van der Waals surface area contributed by atoms with Crippen molar-refractivity contribution in [1.29, 1.82) is 0 Å². The fourth-order valence-electron chi connectivity index (χ4n) is 4.37. The van der Waals surface area contributed by atoms with Gasteiger partial charge in [0.1, 0.15) is 0 Å². The van der Waals surface area contributed by atoms with E-state index in [2.05, 4.69) is 20.3 Å². The maximum atomic E-state index is 12.7. The number of benzene rings is 2. The van der Waals surface area contributed by atoms with Crippen LogP contribution < -0.4 is 15.4 Å². The molecule has 3 aromatic rings. The molecule has 2 fully saturated rings. The normalized spacial score (nSPS) is 21.4. The first kappa shape index (κ1) is 21.1. The maximum Gasteiger partial charge on any atom is 0.240 e. The molecule has 2 heterocycles. The smallest absolute Gasteiger partial charge is 0.240 e. The highest BCUT2D eigenvalue weighted by atomic mass is 32.2. The Morgan fingerprint density at radius 3 is 2.56 bits per heavy atom. The van der Waals surface area contributed by atoms with E-state index in [0.29, 0.717) is 0 Å². The van der Waals surface area contributed by atoms with Gasteiger partial charge in [0, 0.05) is 35.4 Å². The number of hydrogen-bond donors (Lipinski definition) is 3. The highest BCUT2D eigenvalue weighted by Gasteiger charge is 2.44. The second-order valence-corrected chi connectivity index (χ2v) is 10.3. The molecule has 1 saturated heterocycles. The van der Waals surface area contributed by atoms with Crippen molar-refractivity contribution >= 4 is 32.4 Å². The molecule has 8 heteroatoms. The van der Waals surface area contributed by atoms with E-state index < -0.39 is 10.0 Å². The molecular formula is C24H26N4O3S. The van der Waals surface area contributed by atoms with E-state index in [1.165, 1.54) is 0 Å². The summed E-state index contributed by atoms with van der Waals surface area (Å²) in [5, 5.41) is 8.29. The number of aromatic nitrogens is 1. The number of rotatable bonds is 6. The first-order chi connectivity index (χ1) is 15.5. The molecule has 2 aliphatic rings. The summed E-state index contributed by atoms with van der Waals surface area (Å²) in [5.74, 6) is 0.0138. The quantitative estimate of drug-likeness (QED) is 0.536. The van der Waals surface area contributed by atoms with Gasteiger partial charge in [-0.05, 0) is 79.6 Å². The summed E-state index contributed by atoms with van der Waals surface area (Å²) in [6, 6.07) is 14.6. The number of pyridine rings is 1. The Kier molecular flexibility index (Phi) is 5.67. The Labute approximate surface area is 187 Å². The van der Waals surface area contributed by atoms with Crippen molar-refractivity contribution in [2.45, 2.75) is 36.1 Å². The lowest BCUT2D eigenvalue weighted by molar-refractivity contribution is -0.117. The number of amides is 1. The third-order valence-electron chi connectivity index (χ3n) is 6.31. The number of anilines is 1. The van der Waals surface area contributed by atoms with Gasteiger partial charge in [-0.2, -0.15) is 0 Å². The molecule has 1 aliphatic carbocycles. The lowest BCUT2D eigenvalue weighted by atomic mass is 10.1. The predicted octanol–water partition coefficient (Wildman–Crippen LogP) is 3.01. The van der Waals surface area contributed by atoms with Gasteiger partial charge >= 0.3 is 0 Å². The van der Waals surface area contributed by atoms with Crippen LogP contribution in [0.3, 0.4) is 0 Å². The van der Waals surface area contributed by atoms with Crippen molar-refractivity contribution in [3.8, 4) is 0 Å². The molecule has 3 N–H and O–H groups in total. The molecular weight excluding hydrogens is 424 g/mol. The van der Waals surface area contributed by atoms with Crippen LogP contribution in [-0.4, -0.2) is 38.4 Å². The van der Waals surface area contributed by atoms with Gasteiger partial charge in [0.15, 0.2) is 0 Å². The second-order valence-electron chi connectivity index (χ2n) is 8.59. The number of fused-ring (bicyclic) bond motifs is 1. The maximum absolute atomic E-state index is 12.7. The highest BCUT2D eigenvalue weighted by molar-refractivity contribution is 7.89. The first-order valence-electron chi connectivity index (χ1n) is 11.0. The zero-order valence-electron chi connectivity index (χ0n) is 17.6. The molecule has 7 nitrogen and oxygen atoms in total. The van der Waals surface area contributed by atoms with Crippen molar-refractivity contribution < 1.29 is 13.2 Å². The Morgan fingerprint density at radius 1 is 1.00 bits per heavy atom. The van der Waals surface area contributed by atoms with Crippen LogP contribution >= 0.6 is 0 Å². The summed E-state index contributed by atoms with van der Waals surface area (Å²) in [4.78, 5) is 17.1. The summed E-state index contributed by atoms with van der Waals surface area (Å²) < 4.78 is 28.1. The van der Waals surface area contributed by atoms with Crippen LogP contribution in [-0.2, 0) is 14.8 Å². The molecule has 2 atom stereocenters. The van der Waals surface area contributed by atoms with E-state index >= 15 is 0 Å². The molecule has 1 aliphatic heterocycles. The van der Waals surface area contributed by atoms with E-state index in [0.717, 1.165) is 54.4 Å². The van der Waals surface area contributed by atoms with Gasteiger partial charge in [-0.1, -0.05) is 18.2 Å². The lowest BCUT2D eigenvalue weighted by Gasteiger charge is -2.23. The molecule has 0 bridgehead atoms. The van der Waals surface area contributed by atoms with Gasteiger partial charge in [0.05, 0.1) is 4.90 Å². The largest absolute Gasteiger partial charge is 0.326 e. The Morgan fingerprint density at radius 2 is 1.78 bits per heavy atom. The average molecular weight is 451 g/mol. The first-order valence-corrected chi connectivity index (χ1v) is 12.5. The minimum Gasteiger partial charge on any atom is -0.326 e. The van der Waals surface area contributed by atoms with Crippen molar-refractivity contribution in [1.82, 2.24) is 15.0 Å². The van der Waals surface area contributed by atoms with Crippen molar-refractivity contribution in [2.24, 2.45) is 5.92 Å². The number of carbonyl (C=O) groups is 1. The van der Waals surface area contributed by atoms with Crippen LogP contribution in [0.2, 0.25) is 0 Å². The van der Waals surface area contributed by atoms with Gasteiger partial charge in [0.25, 0.3) is 0 Å². The van der Waals surface area contributed by atoms with E-state index in [1.54, 1.807) is 24.5 Å². The van der Waals surface area contributed by atoms with Gasteiger partial charge in [-0.25, -0.2) is 13.1 Å². The zero-order chi connectivity index (χ0) is 22.1. The summed E-state index contributed by atoms with van der Waals surface area (Å²) in [7, 11) is -3.53. The highest BCUT2D eigenvalue weighted by Crippen LogP contribution is 2.48. The van der Waals surface area contributed by atoms with Crippen LogP contribution in [0.4, 0.5) is 5.69 Å². The van der Waals surface area contributed by atoms with Gasteiger partial charge in [-0.15, -0.1) is 0 Å². The lowest BCUT2D eigenvalue weighted by Crippen LogP contribution is -2.42. The van der Waals surface area contributed by atoms with E-state index in [4.69, 9.17) is 0 Å². The van der Waals surface area contributed by atoms with E-state index in [1.807, 2.05) is 36.4 Å². The SMILES string of the molecule is O=C(Nc1ccc2cnccc2c1)C1CC1c1ccc(S(=O)(=O)NC2CCNCC2)cc1. The number of sulfonamides is 1. The number of nitrogens with one attached hydrogen (secondary N) is 3. The Bertz CT molecular complexity index is 1240. The van der Waals surface area contributed by atoms with Crippen LogP contribution in [0, 0.1) is 5.92 Å². The summed E-state index contributed by atoms with van der Waals surface area (Å²) in [6.45, 7) is 1.65. The van der Waals surface area contributed by atoms with Crippen LogP contribution in [0.5, 0.6) is 0 Å². The minimum absolute atomic E-state index is 0.00678. The molecule has 0 radical (unpaired) electrons. The molecule has 5 rings (SSSR count). The van der Waals surface area contributed by atoms with Crippen LogP contribution in [0.15, 0.2) is 65.8 Å². The number of hydrogen-bond acceptors (Lipinski definition) is 5. The summed E-state index contributed by atoms with van der Waals surface area (Å²) >= 11 is 0. The molecule has 0 spiro atoms. The third kappa shape index (κ3) is 4.53. The number of carbonyl (C=O) groups excluding carboxylic acids is 1. The van der Waals surface area contributed by atoms with E-state index in [9.17, 15) is 13.2 Å². The predicted molar refractivity (Wildman–Crippen MR) is 124 cm³/mol. The molecule has 1 aromatic heterocycles. The van der Waals surface area contributed by atoms with E-state index in [-0.39, 0.29) is 28.7 Å². The average Bonchev–Trinajstić information content (AvgIpc) is 3.61. The van der Waals surface area contributed by atoms with Crippen molar-refractivity contribution in [3.63, 3.8) is 0 Å². The van der Waals surface area contributed by atoms with Gasteiger partial charge < -0.3 is 10.6 Å². The van der Waals surface area contributed by atoms with Crippen molar-refractivity contribution in [2.75, 3.05) is 18.4 Å². The van der Waals surface area contributed by atoms with Crippen LogP contribution in [0.25, 0.3) is 10.8 Å². The fraction of sp³-hybridized carbons (Fsp3) is 0.333. The summed E-state index contributed by atoms with van der Waals surface area (Å²) in [5.41, 5.74) is 1.76. The molecule has 166 valence electrons. The topological polar surface area (TPSA) is 100 Å². The number of piperidine rings is 1. The van der Waals surface area contributed by atoms with Gasteiger partial charge in [-0.3, -0.25) is 9.78 Å². The minimum atomic E-state index is -3.53. The van der Waals surface area contributed by atoms with Gasteiger partial charge in [0.2, 0.25) is 15.9 Å². The molecule has 1 amide bonds. The summed E-state index contributed by atoms with van der Waals surface area (Å²) in [6.07, 6.45) is 5.89. The molecule has 2 aromatic carbocycles. The van der Waals surface area contributed by atoms with Crippen molar-refractivity contribution in [3.05, 3.63) is 66.5 Å². The number of nitrogens with zero attached hydrogens (tertiary/aromatic N) is 1. The fourth-order valence-corrected chi connectivity index (χ4v) is 5.68. The molecule has 2 unspecified atom stereocenters. The molecule has 32 heavy (non-hydrogen) atoms. The standard InChI is InChI=1S/C24H26N4O3S/c29-24(27-20-4-1-18-15-26-10-7-17(18)13-20)23-14-22(23)16-2-5-21(6-3-16)32(30,31)28-19-8-11-25-12-9-19/h1-7,10,13,15,19,22-23,25,28H,8-9,11-12,14H2,(H,27,29). The Hall–Kier alpha value is -2.81. The monoisotopic (exact) mass is 450 g/mol. The second kappa shape index (κ2) is 8.61. The van der Waals surface area contributed by atoms with Crippen LogP contribution in [0.1, 0.15) is 30.7 Å². The molecule has 1 saturated carbocycles. The third-order valence-corrected chi connectivity index (χ3v) is 7.85.